The lowest BCUT2D eigenvalue weighted by Crippen LogP contribution is -2.44. The Morgan fingerprint density at radius 3 is 2.62 bits per heavy atom. The first-order chi connectivity index (χ1) is 16.0. The maximum atomic E-state index is 14.9. The number of aryl methyl sites for hydroxylation is 1. The fraction of sp³-hybridized carbons (Fsp3) is 0.435. The average molecular weight is 492 g/mol. The molecular formula is C23H28ClF2N7O. The highest BCUT2D eigenvalue weighted by Crippen LogP contribution is 2.36. The molecule has 0 spiro atoms. The molecule has 1 saturated heterocycles. The lowest BCUT2D eigenvalue weighted by Gasteiger charge is -2.30. The molecule has 1 aliphatic heterocycles. The quantitative estimate of drug-likeness (QED) is 0.415. The molecule has 0 bridgehead atoms. The normalized spacial score (nSPS) is 15.6. The van der Waals surface area contributed by atoms with Gasteiger partial charge in [0.05, 0.1) is 22.7 Å². The van der Waals surface area contributed by atoms with Gasteiger partial charge in [0.1, 0.15) is 23.5 Å². The van der Waals surface area contributed by atoms with Gasteiger partial charge in [-0.2, -0.15) is 4.98 Å². The summed E-state index contributed by atoms with van der Waals surface area (Å²) in [7, 11) is 0. The standard InChI is InChI=1S/C23H28ClF2N7O/c1-12-8-18(27)31-20(19(12)26)13-10-16-14(9-15(13)24)21(33-6-4-28-5-7-33)32-22(30-16)29-11-17(25)23(2,3)34/h8-10,17,28,34H,4-7,11H2,1-3H3,(H2,27,31)(H,29,30,32). The first-order valence-electron chi connectivity index (χ1n) is 11.0. The fourth-order valence-electron chi connectivity index (χ4n) is 3.80. The van der Waals surface area contributed by atoms with Gasteiger partial charge in [-0.05, 0) is 44.5 Å². The van der Waals surface area contributed by atoms with E-state index in [4.69, 9.17) is 17.3 Å². The van der Waals surface area contributed by atoms with Crippen LogP contribution in [0.2, 0.25) is 5.02 Å². The van der Waals surface area contributed by atoms with Gasteiger partial charge < -0.3 is 26.4 Å². The minimum atomic E-state index is -1.54. The van der Waals surface area contributed by atoms with Crippen molar-refractivity contribution in [3.8, 4) is 11.3 Å². The number of rotatable bonds is 6. The van der Waals surface area contributed by atoms with Gasteiger partial charge in [-0.3, -0.25) is 0 Å². The van der Waals surface area contributed by atoms with Crippen molar-refractivity contribution >= 4 is 40.1 Å². The fourth-order valence-corrected chi connectivity index (χ4v) is 4.06. The van der Waals surface area contributed by atoms with E-state index in [1.165, 1.54) is 19.9 Å². The Hall–Kier alpha value is -2.82. The van der Waals surface area contributed by atoms with Gasteiger partial charge in [-0.25, -0.2) is 18.7 Å². The first kappa shape index (κ1) is 24.3. The summed E-state index contributed by atoms with van der Waals surface area (Å²) >= 11 is 6.59. The molecule has 11 heteroatoms. The first-order valence-corrected chi connectivity index (χ1v) is 11.4. The highest BCUT2D eigenvalue weighted by molar-refractivity contribution is 6.34. The SMILES string of the molecule is Cc1cc(N)nc(-c2cc3nc(NCC(F)C(C)(C)O)nc(N4CCNCC4)c3cc2Cl)c1F. The zero-order chi connectivity index (χ0) is 24.6. The number of halogens is 3. The van der Waals surface area contributed by atoms with Crippen LogP contribution < -0.4 is 21.3 Å². The van der Waals surface area contributed by atoms with E-state index in [1.807, 2.05) is 0 Å². The van der Waals surface area contributed by atoms with Crippen LogP contribution in [0.15, 0.2) is 18.2 Å². The second kappa shape index (κ2) is 9.44. The maximum absolute atomic E-state index is 14.9. The van der Waals surface area contributed by atoms with E-state index in [1.54, 1.807) is 19.1 Å². The molecule has 0 radical (unpaired) electrons. The average Bonchev–Trinajstić information content (AvgIpc) is 2.79. The monoisotopic (exact) mass is 491 g/mol. The van der Waals surface area contributed by atoms with E-state index in [-0.39, 0.29) is 29.0 Å². The highest BCUT2D eigenvalue weighted by atomic mass is 35.5. The lowest BCUT2D eigenvalue weighted by atomic mass is 10.0. The van der Waals surface area contributed by atoms with Crippen LogP contribution in [0.3, 0.4) is 0 Å². The van der Waals surface area contributed by atoms with Crippen molar-refractivity contribution in [3.05, 3.63) is 34.6 Å². The number of fused-ring (bicyclic) bond motifs is 1. The highest BCUT2D eigenvalue weighted by Gasteiger charge is 2.27. The zero-order valence-corrected chi connectivity index (χ0v) is 20.0. The van der Waals surface area contributed by atoms with Crippen LogP contribution in [0.5, 0.6) is 0 Å². The third kappa shape index (κ3) is 4.98. The molecule has 1 aromatic carbocycles. The number of nitrogens with two attached hydrogens (primary N) is 1. The number of alkyl halides is 1. The largest absolute Gasteiger partial charge is 0.387 e. The zero-order valence-electron chi connectivity index (χ0n) is 19.3. The number of nitrogen functional groups attached to an aromatic ring is 1. The predicted molar refractivity (Wildman–Crippen MR) is 132 cm³/mol. The van der Waals surface area contributed by atoms with Gasteiger partial charge in [-0.15, -0.1) is 0 Å². The van der Waals surface area contributed by atoms with Crippen molar-refractivity contribution in [2.75, 3.05) is 48.7 Å². The van der Waals surface area contributed by atoms with Crippen LogP contribution in [0, 0.1) is 12.7 Å². The van der Waals surface area contributed by atoms with E-state index in [0.29, 0.717) is 40.9 Å². The number of benzene rings is 1. The topological polar surface area (TPSA) is 112 Å². The van der Waals surface area contributed by atoms with Crippen LogP contribution >= 0.6 is 11.6 Å². The van der Waals surface area contributed by atoms with Crippen LogP contribution in [0.1, 0.15) is 19.4 Å². The Morgan fingerprint density at radius 2 is 1.94 bits per heavy atom. The number of hydrogen-bond acceptors (Lipinski definition) is 8. The number of aliphatic hydroxyl groups is 1. The molecule has 182 valence electrons. The van der Waals surface area contributed by atoms with Crippen LogP contribution in [-0.4, -0.2) is 64.6 Å². The summed E-state index contributed by atoms with van der Waals surface area (Å²) in [5.41, 5.74) is 5.56. The minimum Gasteiger partial charge on any atom is -0.387 e. The third-order valence-corrected chi connectivity index (χ3v) is 6.11. The lowest BCUT2D eigenvalue weighted by molar-refractivity contribution is 0.00318. The number of nitrogens with zero attached hydrogens (tertiary/aromatic N) is 4. The smallest absolute Gasteiger partial charge is 0.225 e. The molecule has 3 heterocycles. The van der Waals surface area contributed by atoms with Crippen LogP contribution in [-0.2, 0) is 0 Å². The van der Waals surface area contributed by atoms with Gasteiger partial charge in [0.15, 0.2) is 5.82 Å². The van der Waals surface area contributed by atoms with E-state index in [9.17, 15) is 13.9 Å². The molecule has 2 aromatic heterocycles. The number of aromatic nitrogens is 3. The van der Waals surface area contributed by atoms with E-state index in [2.05, 4.69) is 30.5 Å². The molecule has 0 saturated carbocycles. The maximum Gasteiger partial charge on any atom is 0.225 e. The number of nitrogens with one attached hydrogen (secondary N) is 2. The van der Waals surface area contributed by atoms with E-state index >= 15 is 0 Å². The van der Waals surface area contributed by atoms with Crippen molar-refractivity contribution in [2.45, 2.75) is 32.5 Å². The molecule has 1 atom stereocenters. The summed E-state index contributed by atoms with van der Waals surface area (Å²) < 4.78 is 29.3. The molecule has 1 aliphatic rings. The molecule has 0 amide bonds. The summed E-state index contributed by atoms with van der Waals surface area (Å²) in [6.45, 7) is 7.21. The number of piperazine rings is 1. The third-order valence-electron chi connectivity index (χ3n) is 5.80. The molecule has 5 N–H and O–H groups in total. The molecule has 34 heavy (non-hydrogen) atoms. The van der Waals surface area contributed by atoms with Crippen molar-refractivity contribution in [1.82, 2.24) is 20.3 Å². The van der Waals surface area contributed by atoms with Gasteiger partial charge in [-0.1, -0.05) is 11.6 Å². The molecule has 4 rings (SSSR count). The van der Waals surface area contributed by atoms with Gasteiger partial charge >= 0.3 is 0 Å². The Morgan fingerprint density at radius 1 is 1.24 bits per heavy atom. The summed E-state index contributed by atoms with van der Waals surface area (Å²) in [5, 5.41) is 17.1. The van der Waals surface area contributed by atoms with Gasteiger partial charge in [0, 0.05) is 37.1 Å². The minimum absolute atomic E-state index is 0.0343. The van der Waals surface area contributed by atoms with E-state index < -0.39 is 17.6 Å². The van der Waals surface area contributed by atoms with Crippen LogP contribution in [0.4, 0.5) is 26.4 Å². The van der Waals surface area contributed by atoms with Crippen molar-refractivity contribution in [2.24, 2.45) is 0 Å². The summed E-state index contributed by atoms with van der Waals surface area (Å²) in [6, 6.07) is 4.79. The molecule has 1 fully saturated rings. The number of hydrogen-bond donors (Lipinski definition) is 4. The molecule has 1 unspecified atom stereocenters. The Kier molecular flexibility index (Phi) is 6.75. The molecule has 8 nitrogen and oxygen atoms in total. The molecule has 0 aliphatic carbocycles. The van der Waals surface area contributed by atoms with Crippen molar-refractivity contribution in [3.63, 3.8) is 0 Å². The second-order valence-electron chi connectivity index (χ2n) is 8.99. The summed E-state index contributed by atoms with van der Waals surface area (Å²) in [4.78, 5) is 15.4. The van der Waals surface area contributed by atoms with Crippen molar-refractivity contribution in [1.29, 1.82) is 0 Å². The predicted octanol–water partition coefficient (Wildman–Crippen LogP) is 3.31. The number of anilines is 3. The second-order valence-corrected chi connectivity index (χ2v) is 9.39. The van der Waals surface area contributed by atoms with Crippen LogP contribution in [0.25, 0.3) is 22.2 Å². The molecular weight excluding hydrogens is 464 g/mol. The molecule has 3 aromatic rings. The summed E-state index contributed by atoms with van der Waals surface area (Å²) in [5.74, 6) is 0.490. The Balaban J connectivity index is 1.84. The van der Waals surface area contributed by atoms with Gasteiger partial charge in [0.2, 0.25) is 5.95 Å². The summed E-state index contributed by atoms with van der Waals surface area (Å²) in [6.07, 6.45) is -1.54. The number of pyridine rings is 1. The van der Waals surface area contributed by atoms with E-state index in [0.717, 1.165) is 13.1 Å². The Bertz CT molecular complexity index is 1210. The van der Waals surface area contributed by atoms with Gasteiger partial charge in [0.25, 0.3) is 0 Å². The Labute approximate surface area is 201 Å². The van der Waals surface area contributed by atoms with Crippen molar-refractivity contribution < 1.29 is 13.9 Å².